The third-order valence-corrected chi connectivity index (χ3v) is 2.94. The zero-order valence-corrected chi connectivity index (χ0v) is 15.3. The maximum Gasteiger partial charge on any atom is 0.412 e. The summed E-state index contributed by atoms with van der Waals surface area (Å²) >= 11 is 0. The number of benzene rings is 1. The summed E-state index contributed by atoms with van der Waals surface area (Å²) in [7, 11) is 1.56. The van der Waals surface area contributed by atoms with E-state index in [1.54, 1.807) is 59.0 Å². The number of rotatable bonds is 5. The summed E-state index contributed by atoms with van der Waals surface area (Å²) in [5.74, 6) is -0.540. The van der Waals surface area contributed by atoms with Crippen molar-refractivity contribution in [3.05, 3.63) is 41.6 Å². The van der Waals surface area contributed by atoms with Crippen LogP contribution in [-0.2, 0) is 14.3 Å². The van der Waals surface area contributed by atoms with Crippen LogP contribution in [0.5, 0.6) is 0 Å². The molecule has 136 valence electrons. The zero-order valence-electron chi connectivity index (χ0n) is 15.3. The lowest BCUT2D eigenvalue weighted by Crippen LogP contribution is -2.27. The molecule has 0 aliphatic carbocycles. The Balaban J connectivity index is 2.93. The number of amides is 1. The Morgan fingerprint density at radius 3 is 2.28 bits per heavy atom. The van der Waals surface area contributed by atoms with Crippen LogP contribution in [0, 0.1) is 0 Å². The molecule has 3 N–H and O–H groups in total. The van der Waals surface area contributed by atoms with E-state index in [9.17, 15) is 9.59 Å². The summed E-state index contributed by atoms with van der Waals surface area (Å²) < 4.78 is 10.2. The molecule has 0 bridgehead atoms. The van der Waals surface area contributed by atoms with Crippen LogP contribution in [0.2, 0.25) is 0 Å². The van der Waals surface area contributed by atoms with Gasteiger partial charge in [0.25, 0.3) is 0 Å². The second-order valence-electron chi connectivity index (χ2n) is 6.08. The molecule has 0 saturated carbocycles. The Morgan fingerprint density at radius 1 is 1.24 bits per heavy atom. The number of carbonyl (C=O) groups is 2. The average molecular weight is 347 g/mol. The highest BCUT2D eigenvalue weighted by Crippen LogP contribution is 2.16. The number of hydrogen-bond acceptors (Lipinski definition) is 6. The van der Waals surface area contributed by atoms with E-state index < -0.39 is 17.7 Å². The van der Waals surface area contributed by atoms with Gasteiger partial charge in [-0.1, -0.05) is 12.1 Å². The molecule has 0 radical (unpaired) electrons. The summed E-state index contributed by atoms with van der Waals surface area (Å²) in [5, 5.41) is 2.64. The molecule has 25 heavy (non-hydrogen) atoms. The first-order chi connectivity index (χ1) is 11.7. The van der Waals surface area contributed by atoms with Crippen LogP contribution in [0.1, 0.15) is 33.3 Å². The highest BCUT2D eigenvalue weighted by Gasteiger charge is 2.19. The first kappa shape index (κ1) is 20.2. The van der Waals surface area contributed by atoms with Crippen LogP contribution in [0.4, 0.5) is 10.5 Å². The number of nitrogens with two attached hydrogens (primary N) is 1. The molecule has 1 amide bonds. The molecular weight excluding hydrogens is 322 g/mol. The fourth-order valence-corrected chi connectivity index (χ4v) is 1.99. The van der Waals surface area contributed by atoms with Gasteiger partial charge in [0.15, 0.2) is 0 Å². The minimum atomic E-state index is -0.577. The number of nitrogens with one attached hydrogen (secondary N) is 1. The standard InChI is InChI=1S/C18H25N3O4/c1-6-24-16(22)14(11-19)15(20-5)12-7-9-13(10-8-12)21-17(23)25-18(2,3)4/h7-11H,6,19H2,1-5H3,(H,21,23). The molecule has 0 fully saturated rings. The normalized spacial score (nSPS) is 12.5. The molecule has 1 aromatic carbocycles. The van der Waals surface area contributed by atoms with Gasteiger partial charge >= 0.3 is 12.1 Å². The number of anilines is 1. The van der Waals surface area contributed by atoms with Crippen molar-refractivity contribution >= 4 is 23.5 Å². The van der Waals surface area contributed by atoms with Gasteiger partial charge in [-0.25, -0.2) is 9.59 Å². The molecule has 1 rings (SSSR count). The Morgan fingerprint density at radius 2 is 1.84 bits per heavy atom. The van der Waals surface area contributed by atoms with E-state index in [4.69, 9.17) is 15.2 Å². The van der Waals surface area contributed by atoms with Gasteiger partial charge in [0.05, 0.1) is 12.3 Å². The molecule has 0 atom stereocenters. The second-order valence-corrected chi connectivity index (χ2v) is 6.08. The van der Waals surface area contributed by atoms with Crippen molar-refractivity contribution in [1.29, 1.82) is 0 Å². The van der Waals surface area contributed by atoms with Gasteiger partial charge in [-0.2, -0.15) is 0 Å². The fraction of sp³-hybridized carbons (Fsp3) is 0.389. The van der Waals surface area contributed by atoms with E-state index in [2.05, 4.69) is 10.3 Å². The molecule has 0 aliphatic rings. The van der Waals surface area contributed by atoms with Crippen LogP contribution >= 0.6 is 0 Å². The van der Waals surface area contributed by atoms with Gasteiger partial charge in [0, 0.05) is 24.5 Å². The molecule has 0 heterocycles. The highest BCUT2D eigenvalue weighted by molar-refractivity contribution is 6.26. The molecule has 0 aliphatic heterocycles. The topological polar surface area (TPSA) is 103 Å². The van der Waals surface area contributed by atoms with Crippen molar-refractivity contribution in [1.82, 2.24) is 0 Å². The number of esters is 1. The predicted molar refractivity (Wildman–Crippen MR) is 97.7 cm³/mol. The van der Waals surface area contributed by atoms with E-state index >= 15 is 0 Å². The third-order valence-electron chi connectivity index (χ3n) is 2.94. The minimum absolute atomic E-state index is 0.178. The van der Waals surface area contributed by atoms with E-state index in [1.165, 1.54) is 6.20 Å². The third kappa shape index (κ3) is 6.29. The second kappa shape index (κ2) is 8.86. The summed E-state index contributed by atoms with van der Waals surface area (Å²) in [6, 6.07) is 6.81. The molecule has 0 unspecified atom stereocenters. The van der Waals surface area contributed by atoms with Gasteiger partial charge in [-0.15, -0.1) is 0 Å². The van der Waals surface area contributed by atoms with Gasteiger partial charge in [0.2, 0.25) is 0 Å². The van der Waals surface area contributed by atoms with Crippen LogP contribution in [-0.4, -0.2) is 37.0 Å². The number of nitrogens with zero attached hydrogens (tertiary/aromatic N) is 1. The molecule has 7 heteroatoms. The smallest absolute Gasteiger partial charge is 0.412 e. The summed E-state index contributed by atoms with van der Waals surface area (Å²) in [5.41, 5.74) is 6.79. The van der Waals surface area contributed by atoms with E-state index in [0.717, 1.165) is 0 Å². The van der Waals surface area contributed by atoms with Gasteiger partial charge in [-0.3, -0.25) is 10.3 Å². The van der Waals surface area contributed by atoms with Gasteiger partial charge in [-0.05, 0) is 39.8 Å². The Kier molecular flexibility index (Phi) is 7.17. The molecule has 0 aromatic heterocycles. The van der Waals surface area contributed by atoms with E-state index in [-0.39, 0.29) is 12.2 Å². The summed E-state index contributed by atoms with van der Waals surface area (Å²) in [4.78, 5) is 27.9. The maximum absolute atomic E-state index is 12.0. The van der Waals surface area contributed by atoms with Crippen LogP contribution in [0.3, 0.4) is 0 Å². The number of carbonyl (C=O) groups excluding carboxylic acids is 2. The SMILES string of the molecule is CCOC(=O)C(=CN)C(=NC)c1ccc(NC(=O)OC(C)(C)C)cc1. The van der Waals surface area contributed by atoms with Gasteiger partial charge < -0.3 is 15.2 Å². The van der Waals surface area contributed by atoms with Crippen molar-refractivity contribution < 1.29 is 19.1 Å². The van der Waals surface area contributed by atoms with Crippen LogP contribution < -0.4 is 11.1 Å². The van der Waals surface area contributed by atoms with Crippen molar-refractivity contribution in [3.8, 4) is 0 Å². The molecule has 0 spiro atoms. The monoisotopic (exact) mass is 347 g/mol. The summed E-state index contributed by atoms with van der Waals surface area (Å²) in [6.45, 7) is 7.32. The first-order valence-corrected chi connectivity index (χ1v) is 7.88. The highest BCUT2D eigenvalue weighted by atomic mass is 16.6. The van der Waals surface area contributed by atoms with Crippen molar-refractivity contribution in [2.45, 2.75) is 33.3 Å². The lowest BCUT2D eigenvalue weighted by Gasteiger charge is -2.19. The van der Waals surface area contributed by atoms with E-state index in [1.807, 2.05) is 0 Å². The van der Waals surface area contributed by atoms with Crippen molar-refractivity contribution in [2.75, 3.05) is 19.0 Å². The number of ether oxygens (including phenoxy) is 2. The summed E-state index contributed by atoms with van der Waals surface area (Å²) in [6.07, 6.45) is 0.631. The first-order valence-electron chi connectivity index (χ1n) is 7.88. The van der Waals surface area contributed by atoms with Crippen molar-refractivity contribution in [2.24, 2.45) is 10.7 Å². The van der Waals surface area contributed by atoms with Crippen LogP contribution in [0.25, 0.3) is 0 Å². The zero-order chi connectivity index (χ0) is 19.0. The number of hydrogen-bond donors (Lipinski definition) is 2. The fourth-order valence-electron chi connectivity index (χ4n) is 1.99. The molecular formula is C18H25N3O4. The molecule has 0 saturated heterocycles. The quantitative estimate of drug-likeness (QED) is 0.484. The van der Waals surface area contributed by atoms with Crippen LogP contribution in [0.15, 0.2) is 41.0 Å². The maximum atomic E-state index is 12.0. The van der Waals surface area contributed by atoms with Crippen molar-refractivity contribution in [3.63, 3.8) is 0 Å². The lowest BCUT2D eigenvalue weighted by atomic mass is 10.0. The Bertz CT molecular complexity index is 671. The largest absolute Gasteiger partial charge is 0.462 e. The molecule has 1 aromatic rings. The molecule has 7 nitrogen and oxygen atoms in total. The Labute approximate surface area is 147 Å². The van der Waals surface area contributed by atoms with E-state index in [0.29, 0.717) is 17.0 Å². The average Bonchev–Trinajstić information content (AvgIpc) is 2.51. The number of aliphatic imine (C=N–C) groups is 1. The predicted octanol–water partition coefficient (Wildman–Crippen LogP) is 2.86. The minimum Gasteiger partial charge on any atom is -0.462 e. The Hall–Kier alpha value is -2.83. The van der Waals surface area contributed by atoms with Gasteiger partial charge in [0.1, 0.15) is 11.2 Å². The lowest BCUT2D eigenvalue weighted by molar-refractivity contribution is -0.137.